The molecule has 6 nitrogen and oxygen atoms in total. The Kier molecular flexibility index (Phi) is 5.21. The summed E-state index contributed by atoms with van der Waals surface area (Å²) in [7, 11) is 1.59. The van der Waals surface area contributed by atoms with Crippen molar-refractivity contribution in [3.05, 3.63) is 82.3 Å². The number of pyridine rings is 1. The molecule has 3 aromatic rings. The SMILES string of the molecule is COc1ccccc1NC(=O)N1C[C@@H]2C[C@H](C1)c1ccc(-c3ccccc3C)c(=O)n1C2. The zero-order chi connectivity index (χ0) is 22.2. The smallest absolute Gasteiger partial charge is 0.321 e. The number of rotatable bonds is 3. The van der Waals surface area contributed by atoms with Gasteiger partial charge in [0.2, 0.25) is 0 Å². The molecule has 1 saturated heterocycles. The number of carbonyl (C=O) groups excluding carboxylic acids is 1. The number of aryl methyl sites for hydroxylation is 1. The standard InChI is InChI=1S/C26H27N3O3/c1-17-7-3-4-8-20(17)21-11-12-23-19-13-18(15-29(23)25(21)30)14-28(16-19)26(31)27-22-9-5-6-10-24(22)32-2/h3-12,18-19H,13-16H2,1-2H3,(H,27,31)/t18-,19+/m0/s1. The average Bonchev–Trinajstić information content (AvgIpc) is 2.80. The number of urea groups is 1. The second kappa shape index (κ2) is 8.19. The molecule has 0 spiro atoms. The number of anilines is 1. The van der Waals surface area contributed by atoms with Crippen molar-refractivity contribution in [2.75, 3.05) is 25.5 Å². The molecule has 5 rings (SSSR count). The van der Waals surface area contributed by atoms with Gasteiger partial charge in [0, 0.05) is 36.8 Å². The number of para-hydroxylation sites is 2. The maximum Gasteiger partial charge on any atom is 0.321 e. The summed E-state index contributed by atoms with van der Waals surface area (Å²) in [5.74, 6) is 1.05. The van der Waals surface area contributed by atoms with Crippen molar-refractivity contribution in [1.82, 2.24) is 9.47 Å². The Labute approximate surface area is 187 Å². The second-order valence-electron chi connectivity index (χ2n) is 8.74. The summed E-state index contributed by atoms with van der Waals surface area (Å²) in [4.78, 5) is 28.3. The third kappa shape index (κ3) is 3.55. The summed E-state index contributed by atoms with van der Waals surface area (Å²) in [6, 6.07) is 19.3. The van der Waals surface area contributed by atoms with Crippen LogP contribution < -0.4 is 15.6 Å². The molecule has 2 amide bonds. The van der Waals surface area contributed by atoms with Crippen LogP contribution in [0, 0.1) is 12.8 Å². The predicted octanol–water partition coefficient (Wildman–Crippen LogP) is 4.48. The van der Waals surface area contributed by atoms with Gasteiger partial charge in [-0.1, -0.05) is 36.4 Å². The Morgan fingerprint density at radius 1 is 0.969 bits per heavy atom. The van der Waals surface area contributed by atoms with E-state index in [0.29, 0.717) is 31.1 Å². The molecular weight excluding hydrogens is 402 g/mol. The number of carbonyl (C=O) groups is 1. The number of piperidine rings is 1. The Morgan fingerprint density at radius 3 is 2.56 bits per heavy atom. The van der Waals surface area contributed by atoms with E-state index in [1.54, 1.807) is 7.11 Å². The lowest BCUT2D eigenvalue weighted by atomic mass is 9.83. The number of aromatic nitrogens is 1. The molecule has 6 heteroatoms. The topological polar surface area (TPSA) is 63.6 Å². The fraction of sp³-hybridized carbons (Fsp3) is 0.308. The van der Waals surface area contributed by atoms with Crippen molar-refractivity contribution in [3.63, 3.8) is 0 Å². The van der Waals surface area contributed by atoms with Gasteiger partial charge in [0.05, 0.1) is 12.8 Å². The number of hydrogen-bond donors (Lipinski definition) is 1. The second-order valence-corrected chi connectivity index (χ2v) is 8.74. The molecule has 2 aliphatic heterocycles. The molecule has 2 aromatic carbocycles. The molecule has 32 heavy (non-hydrogen) atoms. The molecule has 0 aliphatic carbocycles. The maximum atomic E-state index is 13.4. The fourth-order valence-corrected chi connectivity index (χ4v) is 5.13. The highest BCUT2D eigenvalue weighted by Gasteiger charge is 2.37. The van der Waals surface area contributed by atoms with E-state index in [9.17, 15) is 9.59 Å². The van der Waals surface area contributed by atoms with Crippen LogP contribution in [0.4, 0.5) is 10.5 Å². The fourth-order valence-electron chi connectivity index (χ4n) is 5.13. The highest BCUT2D eigenvalue weighted by Crippen LogP contribution is 2.36. The molecular formula is C26H27N3O3. The number of ether oxygens (including phenoxy) is 1. The first-order chi connectivity index (χ1) is 15.5. The van der Waals surface area contributed by atoms with E-state index in [0.717, 1.165) is 28.8 Å². The third-order valence-electron chi connectivity index (χ3n) is 6.68. The number of hydrogen-bond acceptors (Lipinski definition) is 3. The summed E-state index contributed by atoms with van der Waals surface area (Å²) >= 11 is 0. The lowest BCUT2D eigenvalue weighted by Gasteiger charge is -2.42. The van der Waals surface area contributed by atoms with Crippen LogP contribution in [0.5, 0.6) is 5.75 Å². The molecule has 0 unspecified atom stereocenters. The van der Waals surface area contributed by atoms with Crippen molar-refractivity contribution in [2.24, 2.45) is 5.92 Å². The number of likely N-dealkylation sites (tertiary alicyclic amines) is 1. The predicted molar refractivity (Wildman–Crippen MR) is 125 cm³/mol. The van der Waals surface area contributed by atoms with E-state index < -0.39 is 0 Å². The monoisotopic (exact) mass is 429 g/mol. The zero-order valence-electron chi connectivity index (χ0n) is 18.4. The van der Waals surface area contributed by atoms with Crippen molar-refractivity contribution < 1.29 is 9.53 Å². The van der Waals surface area contributed by atoms with E-state index in [1.807, 2.05) is 71.0 Å². The highest BCUT2D eigenvalue weighted by atomic mass is 16.5. The van der Waals surface area contributed by atoms with Crippen LogP contribution in [-0.2, 0) is 6.54 Å². The lowest BCUT2D eigenvalue weighted by Crippen LogP contribution is -2.50. The van der Waals surface area contributed by atoms with Gasteiger partial charge in [0.25, 0.3) is 5.56 Å². The van der Waals surface area contributed by atoms with E-state index in [1.165, 1.54) is 0 Å². The third-order valence-corrected chi connectivity index (χ3v) is 6.68. The summed E-state index contributed by atoms with van der Waals surface area (Å²) < 4.78 is 7.29. The van der Waals surface area contributed by atoms with Gasteiger partial charge in [-0.05, 0) is 54.7 Å². The minimum Gasteiger partial charge on any atom is -0.495 e. The summed E-state index contributed by atoms with van der Waals surface area (Å²) in [6.45, 7) is 3.91. The first-order valence-electron chi connectivity index (χ1n) is 11.0. The van der Waals surface area contributed by atoms with Crippen LogP contribution in [0.15, 0.2) is 65.5 Å². The Balaban J connectivity index is 1.40. The van der Waals surface area contributed by atoms with Crippen molar-refractivity contribution in [1.29, 1.82) is 0 Å². The number of methoxy groups -OCH3 is 1. The van der Waals surface area contributed by atoms with Gasteiger partial charge in [-0.25, -0.2) is 4.79 Å². The largest absolute Gasteiger partial charge is 0.495 e. The summed E-state index contributed by atoms with van der Waals surface area (Å²) in [6.07, 6.45) is 1.00. The molecule has 164 valence electrons. The number of nitrogens with zero attached hydrogens (tertiary/aromatic N) is 2. The Hall–Kier alpha value is -3.54. The molecule has 0 saturated carbocycles. The molecule has 0 radical (unpaired) electrons. The molecule has 1 N–H and O–H groups in total. The number of amides is 2. The zero-order valence-corrected chi connectivity index (χ0v) is 18.4. The minimum absolute atomic E-state index is 0.0680. The van der Waals surface area contributed by atoms with E-state index in [2.05, 4.69) is 11.4 Å². The number of benzene rings is 2. The van der Waals surface area contributed by atoms with Gasteiger partial charge in [-0.2, -0.15) is 0 Å². The van der Waals surface area contributed by atoms with Crippen molar-refractivity contribution >= 4 is 11.7 Å². The van der Waals surface area contributed by atoms with Crippen LogP contribution in [-0.4, -0.2) is 35.7 Å². The maximum absolute atomic E-state index is 13.4. The van der Waals surface area contributed by atoms with E-state index in [-0.39, 0.29) is 23.4 Å². The first kappa shape index (κ1) is 20.4. The van der Waals surface area contributed by atoms with Crippen LogP contribution in [0.2, 0.25) is 0 Å². The molecule has 3 heterocycles. The number of nitrogens with one attached hydrogen (secondary N) is 1. The molecule has 2 atom stereocenters. The van der Waals surface area contributed by atoms with Gasteiger partial charge >= 0.3 is 6.03 Å². The average molecular weight is 430 g/mol. The van der Waals surface area contributed by atoms with E-state index in [4.69, 9.17) is 4.74 Å². The Bertz CT molecular complexity index is 1230. The molecule has 1 aromatic heterocycles. The summed E-state index contributed by atoms with van der Waals surface area (Å²) in [5.41, 5.74) is 4.59. The van der Waals surface area contributed by atoms with Gasteiger partial charge in [-0.15, -0.1) is 0 Å². The van der Waals surface area contributed by atoms with Gasteiger partial charge in [-0.3, -0.25) is 4.79 Å². The first-order valence-corrected chi connectivity index (χ1v) is 11.0. The van der Waals surface area contributed by atoms with Crippen LogP contribution in [0.3, 0.4) is 0 Å². The van der Waals surface area contributed by atoms with Gasteiger partial charge in [0.1, 0.15) is 5.75 Å². The molecule has 1 fully saturated rings. The van der Waals surface area contributed by atoms with E-state index >= 15 is 0 Å². The molecule has 2 aliphatic rings. The van der Waals surface area contributed by atoms with Gasteiger partial charge < -0.3 is 19.5 Å². The van der Waals surface area contributed by atoms with Crippen LogP contribution in [0.25, 0.3) is 11.1 Å². The minimum atomic E-state index is -0.128. The summed E-state index contributed by atoms with van der Waals surface area (Å²) in [5, 5.41) is 2.99. The quantitative estimate of drug-likeness (QED) is 0.668. The van der Waals surface area contributed by atoms with Crippen molar-refractivity contribution in [3.8, 4) is 16.9 Å². The lowest BCUT2D eigenvalue weighted by molar-refractivity contribution is 0.139. The number of fused-ring (bicyclic) bond motifs is 4. The highest BCUT2D eigenvalue weighted by molar-refractivity contribution is 5.91. The molecule has 2 bridgehead atoms. The normalized spacial score (nSPS) is 19.2. The van der Waals surface area contributed by atoms with Crippen molar-refractivity contribution in [2.45, 2.75) is 25.8 Å². The van der Waals surface area contributed by atoms with Crippen LogP contribution >= 0.6 is 0 Å². The Morgan fingerprint density at radius 2 is 1.75 bits per heavy atom. The van der Waals surface area contributed by atoms with Crippen LogP contribution in [0.1, 0.15) is 23.6 Å². The van der Waals surface area contributed by atoms with Gasteiger partial charge in [0.15, 0.2) is 0 Å².